The van der Waals surface area contributed by atoms with Gasteiger partial charge in [-0.25, -0.2) is 15.0 Å². The number of aromatic nitrogens is 4. The Bertz CT molecular complexity index is 1650. The zero-order valence-corrected chi connectivity index (χ0v) is 19.1. The summed E-state index contributed by atoms with van der Waals surface area (Å²) in [7, 11) is 0. The highest BCUT2D eigenvalue weighted by atomic mass is 16.3. The van der Waals surface area contributed by atoms with E-state index in [1.165, 1.54) is 5.56 Å². The van der Waals surface area contributed by atoms with Crippen molar-refractivity contribution in [2.75, 3.05) is 0 Å². The SMILES string of the molecule is Cc1ccc2c(n1)oc1c(-c3nc4nccc(C(C)(C)C)c4n3-c3ccccc3)cccc12. The first kappa shape index (κ1) is 19.7. The maximum absolute atomic E-state index is 6.32. The number of nitrogens with zero attached hydrogens (tertiary/aromatic N) is 4. The number of aryl methyl sites for hydroxylation is 1. The minimum absolute atomic E-state index is 0.0716. The van der Waals surface area contributed by atoms with Crippen LogP contribution in [0.1, 0.15) is 32.0 Å². The Morgan fingerprint density at radius 3 is 2.42 bits per heavy atom. The highest BCUT2D eigenvalue weighted by Crippen LogP contribution is 2.39. The second kappa shape index (κ2) is 7.01. The molecule has 162 valence electrons. The predicted molar refractivity (Wildman–Crippen MR) is 133 cm³/mol. The van der Waals surface area contributed by atoms with Crippen molar-refractivity contribution in [2.24, 2.45) is 0 Å². The Kier molecular flexibility index (Phi) is 4.18. The Morgan fingerprint density at radius 1 is 0.818 bits per heavy atom. The lowest BCUT2D eigenvalue weighted by Crippen LogP contribution is -2.13. The Balaban J connectivity index is 1.76. The molecule has 0 aliphatic carbocycles. The highest BCUT2D eigenvalue weighted by Gasteiger charge is 2.25. The molecule has 0 N–H and O–H groups in total. The lowest BCUT2D eigenvalue weighted by Gasteiger charge is -2.21. The van der Waals surface area contributed by atoms with Crippen molar-refractivity contribution in [1.82, 2.24) is 19.5 Å². The van der Waals surface area contributed by atoms with Gasteiger partial charge in [-0.3, -0.25) is 4.57 Å². The number of imidazole rings is 1. The monoisotopic (exact) mass is 432 g/mol. The zero-order valence-electron chi connectivity index (χ0n) is 19.1. The van der Waals surface area contributed by atoms with Crippen molar-refractivity contribution in [3.05, 3.63) is 84.2 Å². The summed E-state index contributed by atoms with van der Waals surface area (Å²) >= 11 is 0. The molecule has 0 fully saturated rings. The van der Waals surface area contributed by atoms with Crippen molar-refractivity contribution in [3.8, 4) is 17.1 Å². The summed E-state index contributed by atoms with van der Waals surface area (Å²) in [6.07, 6.45) is 1.85. The van der Waals surface area contributed by atoms with Gasteiger partial charge in [-0.05, 0) is 54.3 Å². The van der Waals surface area contributed by atoms with Crippen LogP contribution in [-0.2, 0) is 5.41 Å². The fourth-order valence-electron chi connectivity index (χ4n) is 4.56. The van der Waals surface area contributed by atoms with E-state index in [4.69, 9.17) is 9.40 Å². The van der Waals surface area contributed by atoms with Gasteiger partial charge in [0.25, 0.3) is 0 Å². The van der Waals surface area contributed by atoms with E-state index in [-0.39, 0.29) is 5.41 Å². The first-order valence-corrected chi connectivity index (χ1v) is 11.1. The van der Waals surface area contributed by atoms with E-state index in [9.17, 15) is 0 Å². The molecule has 5 heteroatoms. The zero-order chi connectivity index (χ0) is 22.7. The minimum Gasteiger partial charge on any atom is -0.437 e. The number of rotatable bonds is 2. The van der Waals surface area contributed by atoms with Crippen LogP contribution < -0.4 is 0 Å². The van der Waals surface area contributed by atoms with Gasteiger partial charge < -0.3 is 4.42 Å². The molecule has 6 rings (SSSR count). The van der Waals surface area contributed by atoms with Crippen molar-refractivity contribution in [2.45, 2.75) is 33.1 Å². The van der Waals surface area contributed by atoms with Crippen LogP contribution in [0.15, 0.2) is 77.3 Å². The molecule has 0 bridgehead atoms. The molecule has 33 heavy (non-hydrogen) atoms. The number of hydrogen-bond acceptors (Lipinski definition) is 4. The maximum atomic E-state index is 6.32. The van der Waals surface area contributed by atoms with Crippen LogP contribution in [0.3, 0.4) is 0 Å². The number of furan rings is 1. The topological polar surface area (TPSA) is 56.7 Å². The first-order chi connectivity index (χ1) is 15.9. The molecule has 0 aliphatic rings. The quantitative estimate of drug-likeness (QED) is 0.296. The minimum atomic E-state index is -0.0716. The first-order valence-electron chi connectivity index (χ1n) is 11.1. The average Bonchev–Trinajstić information content (AvgIpc) is 3.36. The number of hydrogen-bond donors (Lipinski definition) is 0. The van der Waals surface area contributed by atoms with E-state index in [0.717, 1.165) is 50.3 Å². The molecule has 0 aliphatic heterocycles. The molecule has 0 amide bonds. The predicted octanol–water partition coefficient (Wildman–Crippen LogP) is 6.99. The van der Waals surface area contributed by atoms with Crippen molar-refractivity contribution in [3.63, 3.8) is 0 Å². The van der Waals surface area contributed by atoms with Gasteiger partial charge in [-0.1, -0.05) is 51.1 Å². The molecular weight excluding hydrogens is 408 g/mol. The van der Waals surface area contributed by atoms with Gasteiger partial charge in [0.05, 0.1) is 11.1 Å². The molecule has 0 spiro atoms. The molecule has 0 atom stereocenters. The van der Waals surface area contributed by atoms with Crippen molar-refractivity contribution >= 4 is 33.2 Å². The van der Waals surface area contributed by atoms with Gasteiger partial charge in [0.2, 0.25) is 5.71 Å². The summed E-state index contributed by atoms with van der Waals surface area (Å²) < 4.78 is 8.53. The maximum Gasteiger partial charge on any atom is 0.227 e. The fraction of sp³-hybridized carbons (Fsp3) is 0.179. The van der Waals surface area contributed by atoms with Gasteiger partial charge in [-0.2, -0.15) is 0 Å². The third-order valence-electron chi connectivity index (χ3n) is 6.12. The van der Waals surface area contributed by atoms with Gasteiger partial charge in [-0.15, -0.1) is 0 Å². The van der Waals surface area contributed by atoms with Crippen LogP contribution >= 0.6 is 0 Å². The molecule has 0 saturated carbocycles. The lowest BCUT2D eigenvalue weighted by molar-refractivity contribution is 0.593. The van der Waals surface area contributed by atoms with E-state index in [0.29, 0.717) is 5.71 Å². The molecule has 6 aromatic rings. The molecule has 4 heterocycles. The van der Waals surface area contributed by atoms with Crippen molar-refractivity contribution < 1.29 is 4.42 Å². The summed E-state index contributed by atoms with van der Waals surface area (Å²) in [4.78, 5) is 14.3. The van der Waals surface area contributed by atoms with Gasteiger partial charge in [0.15, 0.2) is 11.5 Å². The summed E-state index contributed by atoms with van der Waals surface area (Å²) in [5.41, 5.74) is 7.20. The second-order valence-electron chi connectivity index (χ2n) is 9.48. The van der Waals surface area contributed by atoms with Crippen LogP contribution in [0.5, 0.6) is 0 Å². The van der Waals surface area contributed by atoms with Gasteiger partial charge in [0, 0.05) is 28.4 Å². The Labute approximate surface area is 191 Å². The molecule has 0 saturated heterocycles. The van der Waals surface area contributed by atoms with Crippen LogP contribution in [-0.4, -0.2) is 19.5 Å². The third kappa shape index (κ3) is 3.04. The van der Waals surface area contributed by atoms with E-state index in [2.05, 4.69) is 77.8 Å². The largest absolute Gasteiger partial charge is 0.437 e. The van der Waals surface area contributed by atoms with E-state index in [1.54, 1.807) is 0 Å². The smallest absolute Gasteiger partial charge is 0.227 e. The van der Waals surface area contributed by atoms with Crippen LogP contribution in [0, 0.1) is 6.92 Å². The van der Waals surface area contributed by atoms with Crippen LogP contribution in [0.4, 0.5) is 0 Å². The third-order valence-corrected chi connectivity index (χ3v) is 6.12. The van der Waals surface area contributed by atoms with Gasteiger partial charge in [0.1, 0.15) is 5.58 Å². The molecular formula is C28H24N4O. The van der Waals surface area contributed by atoms with E-state index >= 15 is 0 Å². The van der Waals surface area contributed by atoms with Gasteiger partial charge >= 0.3 is 0 Å². The summed E-state index contributed by atoms with van der Waals surface area (Å²) in [6.45, 7) is 8.63. The summed E-state index contributed by atoms with van der Waals surface area (Å²) in [5, 5.41) is 2.04. The highest BCUT2D eigenvalue weighted by molar-refractivity contribution is 6.08. The normalized spacial score (nSPS) is 12.2. The average molecular weight is 433 g/mol. The van der Waals surface area contributed by atoms with E-state index < -0.39 is 0 Å². The summed E-state index contributed by atoms with van der Waals surface area (Å²) in [5.74, 6) is 0.807. The van der Waals surface area contributed by atoms with E-state index in [1.807, 2.05) is 37.4 Å². The standard InChI is InChI=1S/C28H24N4O/c1-17-13-14-20-19-11-8-12-21(24(19)33-27(20)30-17)26-31-25-23(22(15-16-29-25)28(2,3)4)32(26)18-9-6-5-7-10-18/h5-16H,1-4H3. The Morgan fingerprint density at radius 2 is 1.64 bits per heavy atom. The number of fused-ring (bicyclic) bond motifs is 4. The summed E-state index contributed by atoms with van der Waals surface area (Å²) in [6, 6.07) is 22.7. The molecule has 2 aromatic carbocycles. The van der Waals surface area contributed by atoms with Crippen molar-refractivity contribution in [1.29, 1.82) is 0 Å². The number of pyridine rings is 2. The molecule has 0 unspecified atom stereocenters. The number of benzene rings is 2. The second-order valence-corrected chi connectivity index (χ2v) is 9.48. The van der Waals surface area contributed by atoms with Crippen LogP contribution in [0.25, 0.3) is 50.3 Å². The number of para-hydroxylation sites is 2. The van der Waals surface area contributed by atoms with Crippen LogP contribution in [0.2, 0.25) is 0 Å². The Hall–Kier alpha value is -3.99. The molecule has 5 nitrogen and oxygen atoms in total. The molecule has 0 radical (unpaired) electrons. The molecule has 4 aromatic heterocycles. The fourth-order valence-corrected chi connectivity index (χ4v) is 4.56. The lowest BCUT2D eigenvalue weighted by atomic mass is 9.87.